The minimum absolute atomic E-state index is 0.0500. The molecule has 104 valence electrons. The van der Waals surface area contributed by atoms with Gasteiger partial charge in [0.05, 0.1) is 0 Å². The van der Waals surface area contributed by atoms with Crippen molar-refractivity contribution in [3.8, 4) is 6.01 Å². The summed E-state index contributed by atoms with van der Waals surface area (Å²) in [6, 6.07) is 2.06. The van der Waals surface area contributed by atoms with Crippen molar-refractivity contribution in [1.82, 2.24) is 9.97 Å². The van der Waals surface area contributed by atoms with Crippen LogP contribution in [0.4, 0.5) is 0 Å². The molecule has 5 heteroatoms. The number of hydrogen-bond donors (Lipinski definition) is 2. The van der Waals surface area contributed by atoms with Gasteiger partial charge in [-0.05, 0) is 44.6 Å². The van der Waals surface area contributed by atoms with E-state index in [1.165, 1.54) is 19.3 Å². The number of nitrogen functional groups attached to an aromatic ring is 1. The fourth-order valence-corrected chi connectivity index (χ4v) is 2.66. The van der Waals surface area contributed by atoms with Gasteiger partial charge < -0.3 is 10.5 Å². The first-order valence-electron chi connectivity index (χ1n) is 6.97. The second-order valence-electron chi connectivity index (χ2n) is 5.20. The van der Waals surface area contributed by atoms with E-state index < -0.39 is 0 Å². The van der Waals surface area contributed by atoms with E-state index in [9.17, 15) is 0 Å². The fraction of sp³-hybridized carbons (Fsp3) is 0.643. The highest BCUT2D eigenvalue weighted by molar-refractivity contribution is 5.93. The summed E-state index contributed by atoms with van der Waals surface area (Å²) in [7, 11) is 0. The number of rotatable bonds is 4. The number of aryl methyl sites for hydroxylation is 1. The first-order chi connectivity index (χ1) is 9.10. The summed E-state index contributed by atoms with van der Waals surface area (Å²) in [4.78, 5) is 8.51. The average Bonchev–Trinajstić information content (AvgIpc) is 2.38. The molecule has 0 amide bonds. The van der Waals surface area contributed by atoms with Gasteiger partial charge in [-0.15, -0.1) is 0 Å². The molecule has 1 aromatic rings. The van der Waals surface area contributed by atoms with Crippen molar-refractivity contribution < 1.29 is 4.74 Å². The van der Waals surface area contributed by atoms with Crippen molar-refractivity contribution in [1.29, 1.82) is 5.41 Å². The van der Waals surface area contributed by atoms with Crippen molar-refractivity contribution in [2.45, 2.75) is 52.1 Å². The molecule has 1 fully saturated rings. The van der Waals surface area contributed by atoms with Crippen molar-refractivity contribution in [3.63, 3.8) is 0 Å². The van der Waals surface area contributed by atoms with Crippen LogP contribution in [0.2, 0.25) is 0 Å². The molecule has 19 heavy (non-hydrogen) atoms. The molecule has 3 N–H and O–H groups in total. The van der Waals surface area contributed by atoms with Crippen LogP contribution in [-0.4, -0.2) is 21.9 Å². The molecular weight excluding hydrogens is 240 g/mol. The monoisotopic (exact) mass is 262 g/mol. The molecule has 1 aliphatic carbocycles. The van der Waals surface area contributed by atoms with Crippen molar-refractivity contribution in [2.75, 3.05) is 0 Å². The Kier molecular flexibility index (Phi) is 4.35. The quantitative estimate of drug-likeness (QED) is 0.644. The second-order valence-corrected chi connectivity index (χ2v) is 5.20. The summed E-state index contributed by atoms with van der Waals surface area (Å²) >= 11 is 0. The van der Waals surface area contributed by atoms with Crippen LogP contribution in [0.5, 0.6) is 6.01 Å². The summed E-state index contributed by atoms with van der Waals surface area (Å²) in [6.07, 6.45) is 6.08. The van der Waals surface area contributed by atoms with Crippen LogP contribution < -0.4 is 10.5 Å². The third-order valence-electron chi connectivity index (χ3n) is 3.73. The Balaban J connectivity index is 2.15. The summed E-state index contributed by atoms with van der Waals surface area (Å²) in [6.45, 7) is 4.06. The van der Waals surface area contributed by atoms with Gasteiger partial charge in [-0.3, -0.25) is 5.41 Å². The standard InChI is InChI=1S/C14H22N4O/c1-3-10-6-4-5-7-12(10)19-14-17-9(2)8-11(18-14)13(15)16/h8,10,12H,3-7H2,1-2H3,(H3,15,16). The lowest BCUT2D eigenvalue weighted by Crippen LogP contribution is -2.31. The Hall–Kier alpha value is -1.65. The maximum Gasteiger partial charge on any atom is 0.317 e. The minimum atomic E-state index is -0.0500. The topological polar surface area (TPSA) is 84.9 Å². The van der Waals surface area contributed by atoms with Gasteiger partial charge >= 0.3 is 6.01 Å². The highest BCUT2D eigenvalue weighted by Gasteiger charge is 2.26. The lowest BCUT2D eigenvalue weighted by molar-refractivity contribution is 0.0807. The van der Waals surface area contributed by atoms with Gasteiger partial charge in [0.2, 0.25) is 0 Å². The second kappa shape index (κ2) is 5.99. The fourth-order valence-electron chi connectivity index (χ4n) is 2.66. The highest BCUT2D eigenvalue weighted by atomic mass is 16.5. The minimum Gasteiger partial charge on any atom is -0.460 e. The average molecular weight is 262 g/mol. The van der Waals surface area contributed by atoms with E-state index in [0.29, 0.717) is 17.6 Å². The Bertz CT molecular complexity index is 461. The zero-order valence-electron chi connectivity index (χ0n) is 11.6. The number of amidine groups is 1. The third-order valence-corrected chi connectivity index (χ3v) is 3.73. The maximum absolute atomic E-state index is 7.46. The van der Waals surface area contributed by atoms with Crippen LogP contribution in [0.25, 0.3) is 0 Å². The molecule has 1 heterocycles. The Labute approximate surface area is 114 Å². The number of hydrogen-bond acceptors (Lipinski definition) is 4. The van der Waals surface area contributed by atoms with Gasteiger partial charge in [0.15, 0.2) is 0 Å². The number of ether oxygens (including phenoxy) is 1. The molecule has 0 spiro atoms. The molecule has 1 saturated carbocycles. The van der Waals surface area contributed by atoms with Crippen LogP contribution in [0.15, 0.2) is 6.07 Å². The molecule has 0 aromatic carbocycles. The normalized spacial score (nSPS) is 23.1. The van der Waals surface area contributed by atoms with Gasteiger partial charge in [-0.2, -0.15) is 4.98 Å². The lowest BCUT2D eigenvalue weighted by atomic mass is 9.85. The number of nitrogens with two attached hydrogens (primary N) is 1. The van der Waals surface area contributed by atoms with Gasteiger partial charge in [0.1, 0.15) is 17.6 Å². The molecule has 2 rings (SSSR count). The number of nitrogens with zero attached hydrogens (tertiary/aromatic N) is 2. The Morgan fingerprint density at radius 3 is 2.84 bits per heavy atom. The van der Waals surface area contributed by atoms with E-state index in [1.54, 1.807) is 6.07 Å². The van der Waals surface area contributed by atoms with Crippen LogP contribution >= 0.6 is 0 Å². The summed E-state index contributed by atoms with van der Waals surface area (Å²) in [5, 5.41) is 7.46. The molecule has 0 aliphatic heterocycles. The van der Waals surface area contributed by atoms with Crippen LogP contribution in [0, 0.1) is 18.3 Å². The zero-order chi connectivity index (χ0) is 13.8. The third kappa shape index (κ3) is 3.43. The van der Waals surface area contributed by atoms with Crippen molar-refractivity contribution in [3.05, 3.63) is 17.5 Å². The lowest BCUT2D eigenvalue weighted by Gasteiger charge is -2.30. The molecule has 2 unspecified atom stereocenters. The van der Waals surface area contributed by atoms with Gasteiger partial charge in [0, 0.05) is 5.69 Å². The van der Waals surface area contributed by atoms with E-state index >= 15 is 0 Å². The first kappa shape index (κ1) is 13.8. The van der Waals surface area contributed by atoms with Crippen molar-refractivity contribution >= 4 is 5.84 Å². The number of nitrogens with one attached hydrogen (secondary N) is 1. The van der Waals surface area contributed by atoms with Gasteiger partial charge in [-0.1, -0.05) is 13.3 Å². The van der Waals surface area contributed by atoms with E-state index in [2.05, 4.69) is 16.9 Å². The molecular formula is C14H22N4O. The highest BCUT2D eigenvalue weighted by Crippen LogP contribution is 2.29. The smallest absolute Gasteiger partial charge is 0.317 e. The Morgan fingerprint density at radius 1 is 1.42 bits per heavy atom. The molecule has 0 bridgehead atoms. The molecule has 1 aliphatic rings. The van der Waals surface area contributed by atoms with E-state index in [1.807, 2.05) is 6.92 Å². The maximum atomic E-state index is 7.46. The summed E-state index contributed by atoms with van der Waals surface area (Å²) in [5.74, 6) is 0.532. The van der Waals surface area contributed by atoms with Crippen LogP contribution in [0.3, 0.4) is 0 Å². The predicted octanol–water partition coefficient (Wildman–Crippen LogP) is 2.42. The molecule has 1 aromatic heterocycles. The van der Waals surface area contributed by atoms with Crippen molar-refractivity contribution in [2.24, 2.45) is 11.7 Å². The largest absolute Gasteiger partial charge is 0.460 e. The van der Waals surface area contributed by atoms with Gasteiger partial charge in [-0.25, -0.2) is 4.98 Å². The van der Waals surface area contributed by atoms with E-state index in [-0.39, 0.29) is 11.9 Å². The SMILES string of the molecule is CCC1CCCCC1Oc1nc(C)cc(C(=N)N)n1. The molecule has 0 saturated heterocycles. The summed E-state index contributed by atoms with van der Waals surface area (Å²) in [5.41, 5.74) is 6.69. The van der Waals surface area contributed by atoms with Gasteiger partial charge in [0.25, 0.3) is 0 Å². The molecule has 0 radical (unpaired) electrons. The van der Waals surface area contributed by atoms with Crippen LogP contribution in [0.1, 0.15) is 50.4 Å². The Morgan fingerprint density at radius 2 is 2.16 bits per heavy atom. The van der Waals surface area contributed by atoms with E-state index in [4.69, 9.17) is 15.9 Å². The summed E-state index contributed by atoms with van der Waals surface area (Å²) < 4.78 is 5.96. The predicted molar refractivity (Wildman–Crippen MR) is 74.5 cm³/mol. The molecule has 2 atom stereocenters. The van der Waals surface area contributed by atoms with Crippen LogP contribution in [-0.2, 0) is 0 Å². The molecule has 5 nitrogen and oxygen atoms in total. The first-order valence-corrected chi connectivity index (χ1v) is 6.97. The zero-order valence-corrected chi connectivity index (χ0v) is 11.6. The van der Waals surface area contributed by atoms with E-state index in [0.717, 1.165) is 18.5 Å². The number of aromatic nitrogens is 2.